The minimum Gasteiger partial charge on any atom is -0.394 e. The van der Waals surface area contributed by atoms with Crippen LogP contribution in [0, 0.1) is 44.8 Å². The maximum absolute atomic E-state index is 12.3. The van der Waals surface area contributed by atoms with Crippen molar-refractivity contribution in [2.45, 2.75) is 235 Å². The molecule has 9 aliphatic rings. The van der Waals surface area contributed by atoms with Crippen LogP contribution in [0.25, 0.3) is 0 Å². The van der Waals surface area contributed by atoms with Gasteiger partial charge in [-0.1, -0.05) is 27.7 Å². The molecule has 9 rings (SSSR count). The average Bonchev–Trinajstić information content (AvgIpc) is 3.60. The molecule has 374 valence electrons. The highest BCUT2D eigenvalue weighted by Crippen LogP contribution is 2.89. The van der Waals surface area contributed by atoms with Crippen LogP contribution in [0.15, 0.2) is 0 Å². The Labute approximate surface area is 381 Å². The first-order valence-electron chi connectivity index (χ1n) is 24.2. The molecule has 5 saturated carbocycles. The molecular weight excluding hydrogens is 852 g/mol. The van der Waals surface area contributed by atoms with Gasteiger partial charge in [0, 0.05) is 5.92 Å². The number of aliphatic hydroxyl groups excluding tert-OH is 10. The second kappa shape index (κ2) is 16.4. The summed E-state index contributed by atoms with van der Waals surface area (Å²) in [6.45, 7) is 15.1. The Morgan fingerprint density at radius 1 is 0.646 bits per heavy atom. The number of ether oxygens (including phenoxy) is 7. The van der Waals surface area contributed by atoms with E-state index in [0.717, 1.165) is 19.3 Å². The molecule has 0 aromatic rings. The second-order valence-electron chi connectivity index (χ2n) is 23.8. The Morgan fingerprint density at radius 2 is 1.31 bits per heavy atom. The summed E-state index contributed by atoms with van der Waals surface area (Å²) in [6.07, 6.45) is -16.0. The first-order valence-corrected chi connectivity index (χ1v) is 24.2. The number of aliphatic hydroxyl groups is 11. The molecule has 4 heterocycles. The van der Waals surface area contributed by atoms with Crippen LogP contribution in [0.1, 0.15) is 113 Å². The van der Waals surface area contributed by atoms with Crippen molar-refractivity contribution in [1.82, 2.24) is 0 Å². The number of fused-ring (bicyclic) bond motifs is 2. The van der Waals surface area contributed by atoms with E-state index in [1.165, 1.54) is 6.92 Å². The van der Waals surface area contributed by atoms with E-state index in [0.29, 0.717) is 38.5 Å². The minimum atomic E-state index is -1.69. The summed E-state index contributed by atoms with van der Waals surface area (Å²) >= 11 is 0. The monoisotopic (exact) mass is 931 g/mol. The molecule has 0 unspecified atom stereocenters. The third-order valence-electron chi connectivity index (χ3n) is 19.7. The van der Waals surface area contributed by atoms with E-state index in [9.17, 15) is 56.2 Å². The fraction of sp³-hybridized carbons (Fsp3) is 1.00. The molecule has 0 aromatic heterocycles. The summed E-state index contributed by atoms with van der Waals surface area (Å²) in [5.74, 6) is -0.425. The van der Waals surface area contributed by atoms with E-state index >= 15 is 0 Å². The van der Waals surface area contributed by atoms with Gasteiger partial charge in [-0.3, -0.25) is 0 Å². The quantitative estimate of drug-likeness (QED) is 0.131. The van der Waals surface area contributed by atoms with E-state index in [1.807, 2.05) is 0 Å². The first kappa shape index (κ1) is 49.3. The van der Waals surface area contributed by atoms with Gasteiger partial charge < -0.3 is 89.3 Å². The zero-order chi connectivity index (χ0) is 47.4. The van der Waals surface area contributed by atoms with Crippen LogP contribution >= 0.6 is 0 Å². The lowest BCUT2D eigenvalue weighted by Gasteiger charge is -2.65. The summed E-state index contributed by atoms with van der Waals surface area (Å²) in [5.41, 5.74) is -3.65. The van der Waals surface area contributed by atoms with Gasteiger partial charge in [-0.05, 0) is 124 Å². The molecule has 5 aliphatic carbocycles. The topological polar surface area (TPSA) is 287 Å². The minimum absolute atomic E-state index is 0.0390. The molecule has 65 heavy (non-hydrogen) atoms. The zero-order valence-electron chi connectivity index (χ0n) is 39.2. The van der Waals surface area contributed by atoms with Gasteiger partial charge in [0.25, 0.3) is 0 Å². The van der Waals surface area contributed by atoms with Gasteiger partial charge in [0.05, 0.1) is 54.9 Å². The normalized spacial score (nSPS) is 58.7. The van der Waals surface area contributed by atoms with Crippen LogP contribution < -0.4 is 0 Å². The summed E-state index contributed by atoms with van der Waals surface area (Å²) in [6, 6.07) is 0. The molecule has 0 radical (unpaired) electrons. The zero-order valence-corrected chi connectivity index (χ0v) is 39.2. The number of hydrogen-bond acceptors (Lipinski definition) is 18. The van der Waals surface area contributed by atoms with Crippen molar-refractivity contribution < 1.29 is 89.3 Å². The van der Waals surface area contributed by atoms with Gasteiger partial charge in [0.1, 0.15) is 61.0 Å². The second-order valence-corrected chi connectivity index (χ2v) is 23.8. The molecule has 9 fully saturated rings. The van der Waals surface area contributed by atoms with Crippen molar-refractivity contribution in [3.05, 3.63) is 0 Å². The van der Waals surface area contributed by atoms with E-state index in [4.69, 9.17) is 33.2 Å². The fourth-order valence-electron chi connectivity index (χ4n) is 16.3. The third-order valence-corrected chi connectivity index (χ3v) is 19.7. The van der Waals surface area contributed by atoms with Crippen LogP contribution in [0.5, 0.6) is 0 Å². The van der Waals surface area contributed by atoms with E-state index in [2.05, 4.69) is 34.6 Å². The highest BCUT2D eigenvalue weighted by atomic mass is 16.8. The van der Waals surface area contributed by atoms with Crippen LogP contribution in [-0.4, -0.2) is 191 Å². The van der Waals surface area contributed by atoms with Crippen molar-refractivity contribution in [2.24, 2.45) is 44.8 Å². The molecule has 18 heteroatoms. The van der Waals surface area contributed by atoms with Crippen molar-refractivity contribution in [1.29, 1.82) is 0 Å². The molecule has 4 aliphatic heterocycles. The lowest BCUT2D eigenvalue weighted by atomic mass is 9.41. The van der Waals surface area contributed by atoms with Crippen molar-refractivity contribution in [3.63, 3.8) is 0 Å². The van der Waals surface area contributed by atoms with Crippen molar-refractivity contribution >= 4 is 0 Å². The molecule has 26 atom stereocenters. The smallest absolute Gasteiger partial charge is 0.187 e. The fourth-order valence-corrected chi connectivity index (χ4v) is 16.3. The molecule has 11 N–H and O–H groups in total. The molecule has 0 aromatic carbocycles. The maximum Gasteiger partial charge on any atom is 0.187 e. The Hall–Kier alpha value is -0.720. The van der Waals surface area contributed by atoms with Gasteiger partial charge in [-0.15, -0.1) is 0 Å². The van der Waals surface area contributed by atoms with Crippen LogP contribution in [0.3, 0.4) is 0 Å². The maximum atomic E-state index is 12.3. The predicted molar refractivity (Wildman–Crippen MR) is 225 cm³/mol. The Balaban J connectivity index is 1.04. The molecule has 2 spiro atoms. The van der Waals surface area contributed by atoms with Crippen LogP contribution in [0.4, 0.5) is 0 Å². The molecular formula is C47H78O18. The average molecular weight is 931 g/mol. The van der Waals surface area contributed by atoms with Crippen molar-refractivity contribution in [2.75, 3.05) is 13.2 Å². The number of rotatable bonds is 9. The number of hydrogen-bond donors (Lipinski definition) is 11. The van der Waals surface area contributed by atoms with Gasteiger partial charge in [-0.25, -0.2) is 0 Å². The Bertz CT molecular complexity index is 1750. The van der Waals surface area contributed by atoms with Crippen LogP contribution in [-0.2, 0) is 33.2 Å². The van der Waals surface area contributed by atoms with E-state index in [1.54, 1.807) is 13.8 Å². The molecule has 0 amide bonds. The van der Waals surface area contributed by atoms with E-state index < -0.39 is 133 Å². The van der Waals surface area contributed by atoms with Gasteiger partial charge in [-0.2, -0.15) is 0 Å². The first-order chi connectivity index (χ1) is 30.2. The molecule has 18 nitrogen and oxygen atoms in total. The summed E-state index contributed by atoms with van der Waals surface area (Å²) < 4.78 is 44.5. The lowest BCUT2D eigenvalue weighted by Crippen LogP contribution is -2.66. The van der Waals surface area contributed by atoms with Crippen LogP contribution in [0.2, 0.25) is 0 Å². The summed E-state index contributed by atoms with van der Waals surface area (Å²) in [7, 11) is 0. The molecule has 0 bridgehead atoms. The van der Waals surface area contributed by atoms with Crippen molar-refractivity contribution in [3.8, 4) is 0 Å². The van der Waals surface area contributed by atoms with Gasteiger partial charge in [0.15, 0.2) is 18.9 Å². The highest BCUT2D eigenvalue weighted by Gasteiger charge is 2.85. The largest absolute Gasteiger partial charge is 0.394 e. The summed E-state index contributed by atoms with van der Waals surface area (Å²) in [4.78, 5) is 0. The lowest BCUT2D eigenvalue weighted by molar-refractivity contribution is -0.366. The van der Waals surface area contributed by atoms with Gasteiger partial charge >= 0.3 is 0 Å². The third kappa shape index (κ3) is 7.23. The van der Waals surface area contributed by atoms with E-state index in [-0.39, 0.29) is 46.7 Å². The standard InChI is InChI=1S/C47H78O18/c1-20-28(51)31(54)33(56)38(60-20)64-35-29(52)22(50)18-59-40(35)63-26-10-12-47-19-46(47)14-13-43(6)36(45(8)11-9-27(65-45)42(4,5)58)21(49)16-44(43,7)25(46)15-23(37(47)41(26,2)3)61-39-34(57)32(55)30(53)24(17-48)62-39/h20-40,48-58H,9-19H2,1-8H3/t20-,21+,22+,23+,24-,25+,26+,27+,28+,29+,30+,31-,32+,33-,34-,35-,36+,37+,38+,39-,40+,43-,44+,45-,46+,47-/m1/s1. The highest BCUT2D eigenvalue weighted by molar-refractivity contribution is 5.33. The summed E-state index contributed by atoms with van der Waals surface area (Å²) in [5, 5.41) is 120. The van der Waals surface area contributed by atoms with Gasteiger partial charge in [0.2, 0.25) is 0 Å². The SMILES string of the molecule is C[C@H]1O[C@@H](O[C@H]2[C@H](O[C@H]3CC[C@]45C[C@]46CC[C@]4(C)[C@@H]([C@@]7(C)CC[C@@H](C(C)(C)O)O7)[C@@H](O)C[C@@]4(C)[C@@H]6C[C@H](O[C@@H]4O[C@H](CO)[C@H](O)[C@H](O)[C@H]4O)[C@H]5C3(C)C)OC[C@H](O)[C@@H]2O)[C@H](O)[C@H](O)[C@H]1O. The Kier molecular flexibility index (Phi) is 12.4. The predicted octanol–water partition coefficient (Wildman–Crippen LogP) is -0.424. The molecule has 4 saturated heterocycles. The Morgan fingerprint density at radius 3 is 1.95 bits per heavy atom.